The number of hydrogen-bond acceptors (Lipinski definition) is 4. The number of hydrogen-bond donors (Lipinski definition) is 2. The van der Waals surface area contributed by atoms with Crippen molar-refractivity contribution in [3.63, 3.8) is 0 Å². The average Bonchev–Trinajstić information content (AvgIpc) is 2.59. The monoisotopic (exact) mass is 362 g/mol. The van der Waals surface area contributed by atoms with Gasteiger partial charge in [0.05, 0.1) is 20.3 Å². The molecule has 1 saturated heterocycles. The molecule has 0 bridgehead atoms. The second-order valence-electron chi connectivity index (χ2n) is 7.37. The van der Waals surface area contributed by atoms with Gasteiger partial charge < -0.3 is 20.1 Å². The van der Waals surface area contributed by atoms with Gasteiger partial charge in [-0.05, 0) is 43.9 Å². The van der Waals surface area contributed by atoms with Crippen LogP contribution in [-0.4, -0.2) is 32.1 Å². The topological polar surface area (TPSA) is 76.7 Å². The summed E-state index contributed by atoms with van der Waals surface area (Å²) < 4.78 is 10.7. The van der Waals surface area contributed by atoms with Crippen LogP contribution in [0.15, 0.2) is 18.2 Å². The van der Waals surface area contributed by atoms with Crippen molar-refractivity contribution in [3.8, 4) is 11.5 Å². The fraction of sp³-hybridized carbons (Fsp3) is 0.600. The van der Waals surface area contributed by atoms with Crippen molar-refractivity contribution < 1.29 is 19.1 Å². The van der Waals surface area contributed by atoms with Gasteiger partial charge in [-0.25, -0.2) is 0 Å². The van der Waals surface area contributed by atoms with Crippen molar-refractivity contribution in [3.05, 3.63) is 23.8 Å². The number of rotatable bonds is 7. The Bertz CT molecular complexity index is 645. The van der Waals surface area contributed by atoms with E-state index in [1.54, 1.807) is 14.2 Å². The Hall–Kier alpha value is -2.24. The summed E-state index contributed by atoms with van der Waals surface area (Å²) in [6.45, 7) is 6.14. The van der Waals surface area contributed by atoms with Gasteiger partial charge >= 0.3 is 0 Å². The third kappa shape index (κ3) is 5.13. The van der Waals surface area contributed by atoms with Crippen LogP contribution in [0.4, 0.5) is 0 Å². The first kappa shape index (κ1) is 20.1. The molecule has 26 heavy (non-hydrogen) atoms. The summed E-state index contributed by atoms with van der Waals surface area (Å²) in [5.41, 5.74) is 0.846. The van der Waals surface area contributed by atoms with E-state index in [-0.39, 0.29) is 36.2 Å². The van der Waals surface area contributed by atoms with Crippen LogP contribution in [0.5, 0.6) is 11.5 Å². The smallest absolute Gasteiger partial charge is 0.224 e. The van der Waals surface area contributed by atoms with E-state index in [2.05, 4.69) is 24.5 Å². The molecule has 144 valence electrons. The molecular weight excluding hydrogens is 332 g/mol. The fourth-order valence-corrected chi connectivity index (χ4v) is 3.51. The number of benzene rings is 1. The van der Waals surface area contributed by atoms with Gasteiger partial charge in [-0.1, -0.05) is 13.8 Å². The van der Waals surface area contributed by atoms with Crippen molar-refractivity contribution in [2.45, 2.75) is 52.1 Å². The summed E-state index contributed by atoms with van der Waals surface area (Å²) in [6, 6.07) is 5.32. The van der Waals surface area contributed by atoms with Crippen molar-refractivity contribution in [1.82, 2.24) is 10.6 Å². The molecule has 1 aromatic carbocycles. The maximum Gasteiger partial charge on any atom is 0.224 e. The van der Waals surface area contributed by atoms with Gasteiger partial charge in [-0.15, -0.1) is 0 Å². The third-order valence-electron chi connectivity index (χ3n) is 4.75. The van der Waals surface area contributed by atoms with Crippen LogP contribution in [0.3, 0.4) is 0 Å². The first-order valence-electron chi connectivity index (χ1n) is 9.15. The zero-order chi connectivity index (χ0) is 19.3. The molecule has 6 heteroatoms. The second-order valence-corrected chi connectivity index (χ2v) is 7.37. The largest absolute Gasteiger partial charge is 0.497 e. The zero-order valence-electron chi connectivity index (χ0n) is 16.3. The Morgan fingerprint density at radius 2 is 2.00 bits per heavy atom. The molecule has 3 atom stereocenters. The van der Waals surface area contributed by atoms with Gasteiger partial charge in [0.1, 0.15) is 11.5 Å². The van der Waals surface area contributed by atoms with Crippen molar-refractivity contribution >= 4 is 11.8 Å². The van der Waals surface area contributed by atoms with Crippen molar-refractivity contribution in [2.75, 3.05) is 14.2 Å². The van der Waals surface area contributed by atoms with E-state index in [0.717, 1.165) is 12.0 Å². The molecule has 0 spiro atoms. The molecular formula is C20H30N2O4. The number of methoxy groups -OCH3 is 2. The molecule has 2 amide bonds. The summed E-state index contributed by atoms with van der Waals surface area (Å²) in [5.74, 6) is 1.43. The second kappa shape index (κ2) is 8.92. The number of ether oxygens (including phenoxy) is 2. The SMILES string of the molecule is COc1ccc(OC)c(C(C)NC(=O)C2CC(=O)NC(CC(C)C)C2)c1. The normalized spacial score (nSPS) is 21.1. The van der Waals surface area contributed by atoms with Gasteiger partial charge in [0.25, 0.3) is 0 Å². The van der Waals surface area contributed by atoms with E-state index in [9.17, 15) is 9.59 Å². The Balaban J connectivity index is 2.07. The summed E-state index contributed by atoms with van der Waals surface area (Å²) in [6.07, 6.45) is 1.80. The quantitative estimate of drug-likeness (QED) is 0.782. The fourth-order valence-electron chi connectivity index (χ4n) is 3.51. The Morgan fingerprint density at radius 1 is 1.27 bits per heavy atom. The maximum absolute atomic E-state index is 12.7. The highest BCUT2D eigenvalue weighted by atomic mass is 16.5. The molecule has 1 heterocycles. The zero-order valence-corrected chi connectivity index (χ0v) is 16.3. The molecule has 0 aromatic heterocycles. The van der Waals surface area contributed by atoms with Gasteiger partial charge in [0.2, 0.25) is 11.8 Å². The van der Waals surface area contributed by atoms with Crippen LogP contribution < -0.4 is 20.1 Å². The van der Waals surface area contributed by atoms with E-state index in [4.69, 9.17) is 9.47 Å². The summed E-state index contributed by atoms with van der Waals surface area (Å²) in [7, 11) is 3.20. The Morgan fingerprint density at radius 3 is 2.62 bits per heavy atom. The van der Waals surface area contributed by atoms with Gasteiger partial charge in [0.15, 0.2) is 0 Å². The van der Waals surface area contributed by atoms with E-state index in [0.29, 0.717) is 23.8 Å². The maximum atomic E-state index is 12.7. The van der Waals surface area contributed by atoms with Gasteiger partial charge in [-0.3, -0.25) is 9.59 Å². The van der Waals surface area contributed by atoms with Gasteiger partial charge in [-0.2, -0.15) is 0 Å². The van der Waals surface area contributed by atoms with Crippen LogP contribution in [-0.2, 0) is 9.59 Å². The molecule has 3 unspecified atom stereocenters. The number of amides is 2. The predicted octanol–water partition coefficient (Wildman–Crippen LogP) is 2.82. The minimum Gasteiger partial charge on any atom is -0.497 e. The number of carbonyl (C=O) groups is 2. The number of nitrogens with one attached hydrogen (secondary N) is 2. The number of carbonyl (C=O) groups excluding carboxylic acids is 2. The highest BCUT2D eigenvalue weighted by Gasteiger charge is 2.32. The summed E-state index contributed by atoms with van der Waals surface area (Å²) in [4.78, 5) is 24.7. The Kier molecular flexibility index (Phi) is 6.89. The summed E-state index contributed by atoms with van der Waals surface area (Å²) in [5, 5.41) is 6.03. The lowest BCUT2D eigenvalue weighted by atomic mass is 9.87. The average molecular weight is 362 g/mol. The van der Waals surface area contributed by atoms with E-state index >= 15 is 0 Å². The molecule has 1 fully saturated rings. The molecule has 2 rings (SSSR count). The minimum absolute atomic E-state index is 0.0475. The Labute approximate surface area is 155 Å². The predicted molar refractivity (Wildman–Crippen MR) is 100 cm³/mol. The van der Waals surface area contributed by atoms with Crippen LogP contribution in [0.2, 0.25) is 0 Å². The minimum atomic E-state index is -0.299. The lowest BCUT2D eigenvalue weighted by Crippen LogP contribution is -2.47. The highest BCUT2D eigenvalue weighted by Crippen LogP contribution is 2.30. The molecule has 0 saturated carbocycles. The van der Waals surface area contributed by atoms with Crippen molar-refractivity contribution in [2.24, 2.45) is 11.8 Å². The van der Waals surface area contributed by atoms with Crippen molar-refractivity contribution in [1.29, 1.82) is 0 Å². The third-order valence-corrected chi connectivity index (χ3v) is 4.75. The standard InChI is InChI=1S/C20H30N2O4/c1-12(2)8-15-9-14(10-19(23)22-15)20(24)21-13(3)17-11-16(25-4)6-7-18(17)26-5/h6-7,11-15H,8-10H2,1-5H3,(H,21,24)(H,22,23). The van der Waals surface area contributed by atoms with Crippen LogP contribution in [0, 0.1) is 11.8 Å². The first-order valence-corrected chi connectivity index (χ1v) is 9.15. The lowest BCUT2D eigenvalue weighted by Gasteiger charge is -2.31. The molecule has 2 N–H and O–H groups in total. The number of piperidine rings is 1. The molecule has 1 aliphatic heterocycles. The van der Waals surface area contributed by atoms with E-state index in [1.165, 1.54) is 0 Å². The van der Waals surface area contributed by atoms with E-state index in [1.807, 2.05) is 25.1 Å². The molecule has 6 nitrogen and oxygen atoms in total. The molecule has 0 aliphatic carbocycles. The van der Waals surface area contributed by atoms with E-state index < -0.39 is 0 Å². The molecule has 1 aliphatic rings. The van der Waals surface area contributed by atoms with Crippen LogP contribution >= 0.6 is 0 Å². The molecule has 0 radical (unpaired) electrons. The summed E-state index contributed by atoms with van der Waals surface area (Å²) >= 11 is 0. The van der Waals surface area contributed by atoms with Crippen LogP contribution in [0.25, 0.3) is 0 Å². The highest BCUT2D eigenvalue weighted by molar-refractivity contribution is 5.87. The van der Waals surface area contributed by atoms with Gasteiger partial charge in [0, 0.05) is 23.9 Å². The lowest BCUT2D eigenvalue weighted by molar-refractivity contribution is -0.134. The molecule has 1 aromatic rings. The first-order chi connectivity index (χ1) is 12.3. The van der Waals surface area contributed by atoms with Crippen LogP contribution in [0.1, 0.15) is 51.6 Å².